The van der Waals surface area contributed by atoms with Crippen LogP contribution in [0.4, 0.5) is 17.1 Å². The highest BCUT2D eigenvalue weighted by Gasteiger charge is 2.16. The monoisotopic (exact) mass is 427 g/mol. The van der Waals surface area contributed by atoms with Crippen molar-refractivity contribution in [1.29, 1.82) is 0 Å². The highest BCUT2D eigenvalue weighted by Crippen LogP contribution is 2.40. The molecular formula is C27H25NO4. The average molecular weight is 428 g/mol. The average Bonchev–Trinajstić information content (AvgIpc) is 2.70. The van der Waals surface area contributed by atoms with Gasteiger partial charge in [-0.3, -0.25) is 0 Å². The van der Waals surface area contributed by atoms with E-state index in [-0.39, 0.29) is 17.2 Å². The number of nitrogens with zero attached hydrogens (tertiary/aromatic N) is 1. The summed E-state index contributed by atoms with van der Waals surface area (Å²) in [7, 11) is 0. The fourth-order valence-corrected chi connectivity index (χ4v) is 3.71. The number of anilines is 3. The molecule has 0 radical (unpaired) electrons. The number of phenolic OH excluding ortho intramolecular Hbond substituents is 3. The van der Waals surface area contributed by atoms with Crippen molar-refractivity contribution in [2.45, 2.75) is 20.8 Å². The van der Waals surface area contributed by atoms with Gasteiger partial charge < -0.3 is 25.0 Å². The molecule has 0 amide bonds. The van der Waals surface area contributed by atoms with E-state index < -0.39 is 0 Å². The Balaban J connectivity index is 1.80. The molecule has 0 unspecified atom stereocenters. The van der Waals surface area contributed by atoms with Crippen molar-refractivity contribution in [3.63, 3.8) is 0 Å². The largest absolute Gasteiger partial charge is 0.508 e. The third-order valence-corrected chi connectivity index (χ3v) is 5.09. The van der Waals surface area contributed by atoms with E-state index >= 15 is 0 Å². The molecule has 0 saturated heterocycles. The van der Waals surface area contributed by atoms with Crippen LogP contribution < -0.4 is 9.64 Å². The molecule has 5 heteroatoms. The van der Waals surface area contributed by atoms with E-state index in [1.807, 2.05) is 62.1 Å². The van der Waals surface area contributed by atoms with Crippen LogP contribution in [0.5, 0.6) is 28.7 Å². The van der Waals surface area contributed by atoms with Crippen LogP contribution in [0.25, 0.3) is 0 Å². The zero-order chi connectivity index (χ0) is 22.8. The van der Waals surface area contributed by atoms with Crippen molar-refractivity contribution in [3.8, 4) is 28.7 Å². The van der Waals surface area contributed by atoms with Crippen LogP contribution in [0, 0.1) is 20.8 Å². The van der Waals surface area contributed by atoms with Crippen LogP contribution in [0.1, 0.15) is 16.7 Å². The van der Waals surface area contributed by atoms with Crippen LogP contribution >= 0.6 is 0 Å². The van der Waals surface area contributed by atoms with Gasteiger partial charge in [-0.2, -0.15) is 0 Å². The van der Waals surface area contributed by atoms with E-state index in [4.69, 9.17) is 4.74 Å². The third kappa shape index (κ3) is 4.62. The van der Waals surface area contributed by atoms with Crippen molar-refractivity contribution in [3.05, 3.63) is 95.6 Å². The van der Waals surface area contributed by atoms with Gasteiger partial charge in [0.15, 0.2) is 0 Å². The summed E-state index contributed by atoms with van der Waals surface area (Å²) in [6, 6.07) is 23.4. The summed E-state index contributed by atoms with van der Waals surface area (Å²) in [4.78, 5) is 1.95. The van der Waals surface area contributed by atoms with Gasteiger partial charge in [-0.1, -0.05) is 6.07 Å². The highest BCUT2D eigenvalue weighted by atomic mass is 16.5. The second kappa shape index (κ2) is 8.55. The Bertz CT molecular complexity index is 1190. The summed E-state index contributed by atoms with van der Waals surface area (Å²) in [6.45, 7) is 5.65. The molecule has 0 aliphatic rings. The molecule has 5 nitrogen and oxygen atoms in total. The van der Waals surface area contributed by atoms with E-state index in [2.05, 4.69) is 0 Å². The van der Waals surface area contributed by atoms with E-state index in [1.54, 1.807) is 42.5 Å². The van der Waals surface area contributed by atoms with Gasteiger partial charge in [-0.15, -0.1) is 0 Å². The zero-order valence-corrected chi connectivity index (χ0v) is 18.2. The van der Waals surface area contributed by atoms with Gasteiger partial charge in [0.1, 0.15) is 28.7 Å². The van der Waals surface area contributed by atoms with Gasteiger partial charge in [0.2, 0.25) is 0 Å². The van der Waals surface area contributed by atoms with E-state index in [0.29, 0.717) is 11.5 Å². The molecule has 4 aromatic carbocycles. The summed E-state index contributed by atoms with van der Waals surface area (Å²) in [5, 5.41) is 30.2. The maximum absolute atomic E-state index is 10.2. The SMILES string of the molecule is Cc1cc(O)cc(N(c2cc(C)cc(O)c2)c2cccc(Oc3ccc(O)c(C)c3)c2)c1. The number of hydrogen-bond acceptors (Lipinski definition) is 5. The smallest absolute Gasteiger partial charge is 0.129 e. The number of rotatable bonds is 5. The van der Waals surface area contributed by atoms with Crippen molar-refractivity contribution in [2.24, 2.45) is 0 Å². The van der Waals surface area contributed by atoms with E-state index in [9.17, 15) is 15.3 Å². The molecule has 0 heterocycles. The lowest BCUT2D eigenvalue weighted by Crippen LogP contribution is -2.10. The van der Waals surface area contributed by atoms with Gasteiger partial charge in [0, 0.05) is 23.9 Å². The quantitative estimate of drug-likeness (QED) is 0.320. The van der Waals surface area contributed by atoms with Crippen molar-refractivity contribution in [2.75, 3.05) is 4.90 Å². The van der Waals surface area contributed by atoms with Gasteiger partial charge in [-0.25, -0.2) is 0 Å². The number of hydrogen-bond donors (Lipinski definition) is 3. The maximum atomic E-state index is 10.2. The lowest BCUT2D eigenvalue weighted by molar-refractivity contribution is 0.460. The van der Waals surface area contributed by atoms with Crippen molar-refractivity contribution in [1.82, 2.24) is 0 Å². The molecule has 0 aliphatic carbocycles. The third-order valence-electron chi connectivity index (χ3n) is 5.09. The van der Waals surface area contributed by atoms with Crippen LogP contribution in [0.2, 0.25) is 0 Å². The first-order valence-corrected chi connectivity index (χ1v) is 10.3. The Morgan fingerprint density at radius 3 is 1.75 bits per heavy atom. The Morgan fingerprint density at radius 2 is 1.19 bits per heavy atom. The standard InChI is InChI=1S/C27H25NO4/c1-17-9-21(14-23(29)11-17)28(22-10-18(2)12-24(30)15-22)20-5-4-6-25(16-20)32-26-7-8-27(31)19(3)13-26/h4-16,29-31H,1-3H3. The molecule has 162 valence electrons. The summed E-state index contributed by atoms with van der Waals surface area (Å²) >= 11 is 0. The molecule has 0 bridgehead atoms. The van der Waals surface area contributed by atoms with Crippen molar-refractivity contribution >= 4 is 17.1 Å². The lowest BCUT2D eigenvalue weighted by Gasteiger charge is -2.27. The van der Waals surface area contributed by atoms with E-state index in [0.717, 1.165) is 33.8 Å². The molecular weight excluding hydrogens is 402 g/mol. The Kier molecular flexibility index (Phi) is 5.65. The first-order chi connectivity index (χ1) is 15.3. The minimum Gasteiger partial charge on any atom is -0.508 e. The topological polar surface area (TPSA) is 73.2 Å². The number of ether oxygens (including phenoxy) is 1. The fourth-order valence-electron chi connectivity index (χ4n) is 3.71. The zero-order valence-electron chi connectivity index (χ0n) is 18.2. The first-order valence-electron chi connectivity index (χ1n) is 10.3. The Morgan fingerprint density at radius 1 is 0.594 bits per heavy atom. The van der Waals surface area contributed by atoms with Crippen LogP contribution in [0.15, 0.2) is 78.9 Å². The van der Waals surface area contributed by atoms with Gasteiger partial charge in [0.25, 0.3) is 0 Å². The Labute approximate surface area is 187 Å². The fraction of sp³-hybridized carbons (Fsp3) is 0.111. The number of aryl methyl sites for hydroxylation is 3. The maximum Gasteiger partial charge on any atom is 0.129 e. The second-order valence-corrected chi connectivity index (χ2v) is 7.94. The molecule has 0 spiro atoms. The molecule has 3 N–H and O–H groups in total. The van der Waals surface area contributed by atoms with Crippen LogP contribution in [0.3, 0.4) is 0 Å². The second-order valence-electron chi connectivity index (χ2n) is 7.94. The van der Waals surface area contributed by atoms with Gasteiger partial charge >= 0.3 is 0 Å². The summed E-state index contributed by atoms with van der Waals surface area (Å²) in [5.74, 6) is 1.77. The highest BCUT2D eigenvalue weighted by molar-refractivity contribution is 5.79. The molecule has 4 rings (SSSR count). The molecule has 32 heavy (non-hydrogen) atoms. The van der Waals surface area contributed by atoms with Gasteiger partial charge in [-0.05, 0) is 92.1 Å². The lowest BCUT2D eigenvalue weighted by atomic mass is 10.1. The number of benzene rings is 4. The van der Waals surface area contributed by atoms with E-state index in [1.165, 1.54) is 0 Å². The predicted octanol–water partition coefficient (Wildman–Crippen LogP) is 6.99. The molecule has 0 fully saturated rings. The van der Waals surface area contributed by atoms with Crippen LogP contribution in [-0.4, -0.2) is 15.3 Å². The van der Waals surface area contributed by atoms with Gasteiger partial charge in [0.05, 0.1) is 11.4 Å². The van der Waals surface area contributed by atoms with Crippen molar-refractivity contribution < 1.29 is 20.1 Å². The predicted molar refractivity (Wildman–Crippen MR) is 127 cm³/mol. The molecule has 0 aliphatic heterocycles. The minimum absolute atomic E-state index is 0.161. The molecule has 4 aromatic rings. The molecule has 0 aromatic heterocycles. The minimum atomic E-state index is 0.161. The summed E-state index contributed by atoms with van der Waals surface area (Å²) in [5.41, 5.74) is 4.86. The molecule has 0 saturated carbocycles. The number of phenols is 3. The normalized spacial score (nSPS) is 10.7. The molecule has 0 atom stereocenters. The summed E-state index contributed by atoms with van der Waals surface area (Å²) < 4.78 is 6.04. The Hall–Kier alpha value is -4.12. The number of aromatic hydroxyl groups is 3. The first kappa shape index (κ1) is 21.1. The summed E-state index contributed by atoms with van der Waals surface area (Å²) in [6.07, 6.45) is 0. The van der Waals surface area contributed by atoms with Crippen LogP contribution in [-0.2, 0) is 0 Å².